The van der Waals surface area contributed by atoms with Crippen LogP contribution in [0.1, 0.15) is 91.9 Å². The molecule has 186 valence electrons. The zero-order chi connectivity index (χ0) is 24.7. The molecule has 4 saturated carbocycles. The van der Waals surface area contributed by atoms with Crippen molar-refractivity contribution < 1.29 is 19.4 Å². The van der Waals surface area contributed by atoms with Crippen molar-refractivity contribution in [3.63, 3.8) is 0 Å². The van der Waals surface area contributed by atoms with Gasteiger partial charge in [-0.05, 0) is 111 Å². The maximum absolute atomic E-state index is 13.0. The molecular formula is C30H42O4. The zero-order valence-corrected chi connectivity index (χ0v) is 21.5. The van der Waals surface area contributed by atoms with Crippen molar-refractivity contribution in [1.82, 2.24) is 0 Å². The van der Waals surface area contributed by atoms with E-state index in [1.54, 1.807) is 12.5 Å². The summed E-state index contributed by atoms with van der Waals surface area (Å²) in [4.78, 5) is 24.5. The number of Topliss-reactive ketones (excluding diaryl/α,β-unsaturated/α-hetero) is 1. The minimum atomic E-state index is -0.996. The van der Waals surface area contributed by atoms with Crippen molar-refractivity contribution in [2.75, 3.05) is 0 Å². The number of rotatable bonds is 4. The topological polar surface area (TPSA) is 63.6 Å². The quantitative estimate of drug-likeness (QED) is 0.384. The highest BCUT2D eigenvalue weighted by Gasteiger charge is 2.51. The molecule has 0 bridgehead atoms. The summed E-state index contributed by atoms with van der Waals surface area (Å²) in [6.07, 6.45) is 16.5. The number of esters is 1. The third-order valence-corrected chi connectivity index (χ3v) is 9.39. The predicted molar refractivity (Wildman–Crippen MR) is 135 cm³/mol. The van der Waals surface area contributed by atoms with Crippen LogP contribution in [0.25, 0.3) is 0 Å². The fourth-order valence-electron chi connectivity index (χ4n) is 7.52. The van der Waals surface area contributed by atoms with Gasteiger partial charge in [0.05, 0.1) is 6.10 Å². The monoisotopic (exact) mass is 466 g/mol. The highest BCUT2D eigenvalue weighted by Crippen LogP contribution is 2.59. The SMILES string of the molecule is C=C1/C(=C\C=C2/CCCC3(C)C2CCC3C(C)/C=C2\CCC(C)(OC(C)=O)C2=O)CCCC1O. The standard InChI is InChI=1S/C30H42O4/c1-19(18-24-15-17-30(5,28(24)33)34-21(3)31)25-13-14-26-23(9-7-16-29(25,26)4)12-11-22-8-6-10-27(32)20(22)2/h11-12,18-19,25-27,32H,2,6-10,13-17H2,1,3-5H3/b22-11-,23-12+,24-18+. The molecule has 34 heavy (non-hydrogen) atoms. The van der Waals surface area contributed by atoms with E-state index in [4.69, 9.17) is 4.74 Å². The van der Waals surface area contributed by atoms with E-state index in [2.05, 4.69) is 38.7 Å². The lowest BCUT2D eigenvalue weighted by Gasteiger charge is -2.44. The highest BCUT2D eigenvalue weighted by atomic mass is 16.6. The summed E-state index contributed by atoms with van der Waals surface area (Å²) in [5, 5.41) is 10.2. The molecule has 0 radical (unpaired) electrons. The lowest BCUT2D eigenvalue weighted by Crippen LogP contribution is -2.36. The van der Waals surface area contributed by atoms with Crippen LogP contribution in [-0.4, -0.2) is 28.6 Å². The number of ketones is 1. The van der Waals surface area contributed by atoms with Crippen molar-refractivity contribution >= 4 is 11.8 Å². The first kappa shape index (κ1) is 25.2. The van der Waals surface area contributed by atoms with Crippen molar-refractivity contribution in [2.45, 2.75) is 104 Å². The Morgan fingerprint density at radius 1 is 1.09 bits per heavy atom. The van der Waals surface area contributed by atoms with Crippen LogP contribution in [0.5, 0.6) is 0 Å². The number of aliphatic hydroxyl groups is 1. The molecule has 4 heteroatoms. The van der Waals surface area contributed by atoms with Crippen molar-refractivity contribution in [2.24, 2.45) is 23.2 Å². The number of carbonyl (C=O) groups is 2. The normalized spacial score (nSPS) is 40.7. The van der Waals surface area contributed by atoms with Gasteiger partial charge in [0.2, 0.25) is 5.78 Å². The highest BCUT2D eigenvalue weighted by molar-refractivity contribution is 6.04. The van der Waals surface area contributed by atoms with Gasteiger partial charge in [0.1, 0.15) is 0 Å². The molecule has 4 rings (SSSR count). The molecule has 0 amide bonds. The maximum atomic E-state index is 13.0. The molecule has 0 aromatic heterocycles. The molecule has 0 heterocycles. The fourth-order valence-corrected chi connectivity index (χ4v) is 7.52. The number of ether oxygens (including phenoxy) is 1. The van der Waals surface area contributed by atoms with E-state index in [1.165, 1.54) is 38.2 Å². The lowest BCUT2D eigenvalue weighted by atomic mass is 9.61. The second-order valence-corrected chi connectivity index (χ2v) is 11.7. The maximum Gasteiger partial charge on any atom is 0.303 e. The molecular weight excluding hydrogens is 424 g/mol. The number of allylic oxidation sites excluding steroid dienone is 4. The number of carbonyl (C=O) groups excluding carboxylic acids is 2. The Kier molecular flexibility index (Phi) is 7.11. The van der Waals surface area contributed by atoms with Crippen molar-refractivity contribution in [3.05, 3.63) is 47.1 Å². The molecule has 4 nitrogen and oxygen atoms in total. The van der Waals surface area contributed by atoms with Crippen LogP contribution >= 0.6 is 0 Å². The van der Waals surface area contributed by atoms with Crippen LogP contribution in [0.3, 0.4) is 0 Å². The van der Waals surface area contributed by atoms with Crippen molar-refractivity contribution in [1.29, 1.82) is 0 Å². The summed E-state index contributed by atoms with van der Waals surface area (Å²) in [5.41, 5.74) is 3.74. The molecule has 0 saturated heterocycles. The zero-order valence-electron chi connectivity index (χ0n) is 21.5. The third-order valence-electron chi connectivity index (χ3n) is 9.39. The molecule has 4 aliphatic rings. The second kappa shape index (κ2) is 9.60. The first-order chi connectivity index (χ1) is 16.0. The molecule has 4 aliphatic carbocycles. The Morgan fingerprint density at radius 3 is 2.59 bits per heavy atom. The lowest BCUT2D eigenvalue weighted by molar-refractivity contribution is -0.160. The molecule has 6 unspecified atom stereocenters. The van der Waals surface area contributed by atoms with E-state index in [-0.39, 0.29) is 23.3 Å². The number of hydrogen-bond acceptors (Lipinski definition) is 4. The van der Waals surface area contributed by atoms with E-state index in [9.17, 15) is 14.7 Å². The summed E-state index contributed by atoms with van der Waals surface area (Å²) in [7, 11) is 0. The molecule has 1 N–H and O–H groups in total. The summed E-state index contributed by atoms with van der Waals surface area (Å²) in [6, 6.07) is 0. The smallest absolute Gasteiger partial charge is 0.303 e. The van der Waals surface area contributed by atoms with Gasteiger partial charge < -0.3 is 9.84 Å². The minimum Gasteiger partial charge on any atom is -0.451 e. The largest absolute Gasteiger partial charge is 0.451 e. The Morgan fingerprint density at radius 2 is 1.85 bits per heavy atom. The van der Waals surface area contributed by atoms with Crippen LogP contribution < -0.4 is 0 Å². The van der Waals surface area contributed by atoms with Gasteiger partial charge in [-0.15, -0.1) is 0 Å². The minimum absolute atomic E-state index is 0.0139. The van der Waals surface area contributed by atoms with Crippen LogP contribution in [0.4, 0.5) is 0 Å². The van der Waals surface area contributed by atoms with Gasteiger partial charge in [0.25, 0.3) is 0 Å². The van der Waals surface area contributed by atoms with Gasteiger partial charge in [0.15, 0.2) is 5.60 Å². The number of fused-ring (bicyclic) bond motifs is 1. The van der Waals surface area contributed by atoms with E-state index in [1.807, 2.05) is 0 Å². The summed E-state index contributed by atoms with van der Waals surface area (Å²) < 4.78 is 5.39. The molecule has 0 aromatic rings. The average Bonchev–Trinajstić information content (AvgIpc) is 3.26. The van der Waals surface area contributed by atoms with Gasteiger partial charge >= 0.3 is 5.97 Å². The Labute approximate surface area is 205 Å². The molecule has 0 spiro atoms. The summed E-state index contributed by atoms with van der Waals surface area (Å²) >= 11 is 0. The van der Waals surface area contributed by atoms with Gasteiger partial charge in [-0.3, -0.25) is 9.59 Å². The number of hydrogen-bond donors (Lipinski definition) is 1. The third kappa shape index (κ3) is 4.63. The summed E-state index contributed by atoms with van der Waals surface area (Å²) in [5.74, 6) is 1.04. The Hall–Kier alpha value is -1.94. The first-order valence-electron chi connectivity index (χ1n) is 13.3. The van der Waals surface area contributed by atoms with Gasteiger partial charge in [-0.1, -0.05) is 44.2 Å². The number of aliphatic hydroxyl groups excluding tert-OH is 1. The van der Waals surface area contributed by atoms with Crippen LogP contribution in [0.2, 0.25) is 0 Å². The van der Waals surface area contributed by atoms with Gasteiger partial charge in [0, 0.05) is 6.92 Å². The van der Waals surface area contributed by atoms with Crippen LogP contribution in [0, 0.1) is 23.2 Å². The first-order valence-corrected chi connectivity index (χ1v) is 13.3. The van der Waals surface area contributed by atoms with E-state index < -0.39 is 5.60 Å². The second-order valence-electron chi connectivity index (χ2n) is 11.7. The molecule has 6 atom stereocenters. The van der Waals surface area contributed by atoms with Crippen LogP contribution in [0.15, 0.2) is 47.1 Å². The average molecular weight is 467 g/mol. The van der Waals surface area contributed by atoms with Gasteiger partial charge in [-0.2, -0.15) is 0 Å². The van der Waals surface area contributed by atoms with Gasteiger partial charge in [-0.25, -0.2) is 0 Å². The Bertz CT molecular complexity index is 953. The molecule has 0 aromatic carbocycles. The molecule has 0 aliphatic heterocycles. The fraction of sp³-hybridized carbons (Fsp3) is 0.667. The van der Waals surface area contributed by atoms with E-state index in [0.717, 1.165) is 36.8 Å². The van der Waals surface area contributed by atoms with E-state index >= 15 is 0 Å². The Balaban J connectivity index is 1.51. The van der Waals surface area contributed by atoms with Crippen molar-refractivity contribution in [3.8, 4) is 0 Å². The van der Waals surface area contributed by atoms with E-state index in [0.29, 0.717) is 30.6 Å². The van der Waals surface area contributed by atoms with Crippen LogP contribution in [-0.2, 0) is 14.3 Å². The summed E-state index contributed by atoms with van der Waals surface area (Å²) in [6.45, 7) is 12.0. The predicted octanol–water partition coefficient (Wildman–Crippen LogP) is 6.40. The molecule has 4 fully saturated rings.